The zero-order valence-electron chi connectivity index (χ0n) is 9.88. The first-order valence-corrected chi connectivity index (χ1v) is 5.27. The number of aromatic nitrogens is 1. The Labute approximate surface area is 97.9 Å². The molecule has 0 aromatic carbocycles. The lowest BCUT2D eigenvalue weighted by Gasteiger charge is -2.21. The maximum Gasteiger partial charge on any atom is 0.418 e. The van der Waals surface area contributed by atoms with Gasteiger partial charge in [0, 0.05) is 6.20 Å². The third-order valence-electron chi connectivity index (χ3n) is 2.54. The number of ketones is 1. The molecule has 0 N–H and O–H groups in total. The summed E-state index contributed by atoms with van der Waals surface area (Å²) in [6.07, 6.45) is -3.20. The molecule has 1 rings (SSSR count). The van der Waals surface area contributed by atoms with Crippen LogP contribution in [0.4, 0.5) is 13.2 Å². The highest BCUT2D eigenvalue weighted by molar-refractivity contribution is 5.83. The normalized spacial score (nSPS) is 13.8. The van der Waals surface area contributed by atoms with E-state index in [1.165, 1.54) is 19.2 Å². The first-order valence-electron chi connectivity index (χ1n) is 5.27. The molecule has 0 saturated carbocycles. The van der Waals surface area contributed by atoms with Crippen molar-refractivity contribution in [3.05, 3.63) is 29.6 Å². The molecule has 0 amide bonds. The van der Waals surface area contributed by atoms with Gasteiger partial charge >= 0.3 is 6.18 Å². The molecule has 0 bridgehead atoms. The van der Waals surface area contributed by atoms with Gasteiger partial charge in [0.15, 0.2) is 0 Å². The van der Waals surface area contributed by atoms with Gasteiger partial charge in [0.25, 0.3) is 0 Å². The summed E-state index contributed by atoms with van der Waals surface area (Å²) in [5.41, 5.74) is -1.00. The van der Waals surface area contributed by atoms with Crippen LogP contribution in [0.1, 0.15) is 37.9 Å². The van der Waals surface area contributed by atoms with Gasteiger partial charge in [-0.15, -0.1) is 0 Å². The van der Waals surface area contributed by atoms with Crippen LogP contribution in [-0.4, -0.2) is 10.8 Å². The van der Waals surface area contributed by atoms with Gasteiger partial charge in [-0.05, 0) is 25.0 Å². The number of carbonyl (C=O) groups is 1. The van der Waals surface area contributed by atoms with Gasteiger partial charge in [-0.25, -0.2) is 0 Å². The monoisotopic (exact) mass is 245 g/mol. The topological polar surface area (TPSA) is 30.0 Å². The highest BCUT2D eigenvalue weighted by Crippen LogP contribution is 2.36. The third kappa shape index (κ3) is 3.05. The predicted octanol–water partition coefficient (Wildman–Crippen LogP) is 3.43. The van der Waals surface area contributed by atoms with Gasteiger partial charge in [0.1, 0.15) is 5.78 Å². The van der Waals surface area contributed by atoms with E-state index < -0.39 is 17.7 Å². The number of halogens is 3. The number of Topliss-reactive ketones (excluding diaryl/α,β-unsaturated/α-hetero) is 1. The lowest BCUT2D eigenvalue weighted by Crippen LogP contribution is -2.21. The van der Waals surface area contributed by atoms with E-state index >= 15 is 0 Å². The van der Waals surface area contributed by atoms with Crippen LogP contribution in [-0.2, 0) is 11.0 Å². The Morgan fingerprint density at radius 2 is 1.94 bits per heavy atom. The van der Waals surface area contributed by atoms with Crippen molar-refractivity contribution in [2.24, 2.45) is 5.92 Å². The van der Waals surface area contributed by atoms with Gasteiger partial charge in [-0.2, -0.15) is 13.2 Å². The molecule has 0 radical (unpaired) electrons. The molecule has 94 valence electrons. The Morgan fingerprint density at radius 1 is 1.35 bits per heavy atom. The van der Waals surface area contributed by atoms with Crippen molar-refractivity contribution in [2.75, 3.05) is 0 Å². The second kappa shape index (κ2) is 4.85. The van der Waals surface area contributed by atoms with Crippen LogP contribution in [0, 0.1) is 5.92 Å². The molecule has 0 aliphatic rings. The van der Waals surface area contributed by atoms with Crippen LogP contribution >= 0.6 is 0 Å². The summed E-state index contributed by atoms with van der Waals surface area (Å²) < 4.78 is 38.4. The fourth-order valence-corrected chi connectivity index (χ4v) is 1.88. The summed E-state index contributed by atoms with van der Waals surface area (Å²) in [5, 5.41) is 0. The Kier molecular flexibility index (Phi) is 3.91. The van der Waals surface area contributed by atoms with E-state index in [2.05, 4.69) is 4.98 Å². The van der Waals surface area contributed by atoms with Gasteiger partial charge in [0.05, 0.1) is 17.2 Å². The zero-order chi connectivity index (χ0) is 13.2. The molecule has 0 fully saturated rings. The van der Waals surface area contributed by atoms with Crippen LogP contribution in [0.5, 0.6) is 0 Å². The maximum atomic E-state index is 12.8. The number of hydrogen-bond acceptors (Lipinski definition) is 2. The maximum absolute atomic E-state index is 12.8. The van der Waals surface area contributed by atoms with Gasteiger partial charge in [-0.3, -0.25) is 9.78 Å². The highest BCUT2D eigenvalue weighted by atomic mass is 19.4. The fourth-order valence-electron chi connectivity index (χ4n) is 1.88. The minimum atomic E-state index is -4.48. The molecule has 0 spiro atoms. The molecule has 1 aromatic heterocycles. The molecular formula is C12H14F3NO. The second-order valence-electron chi connectivity index (χ2n) is 4.27. The van der Waals surface area contributed by atoms with E-state index in [1.807, 2.05) is 0 Å². The quantitative estimate of drug-likeness (QED) is 0.816. The second-order valence-corrected chi connectivity index (χ2v) is 4.27. The number of alkyl halides is 3. The van der Waals surface area contributed by atoms with Crippen LogP contribution in [0.2, 0.25) is 0 Å². The molecule has 2 nitrogen and oxygen atoms in total. The molecule has 1 atom stereocenters. The van der Waals surface area contributed by atoms with Crippen LogP contribution in [0.15, 0.2) is 18.3 Å². The number of rotatable bonds is 3. The van der Waals surface area contributed by atoms with Crippen molar-refractivity contribution in [1.29, 1.82) is 0 Å². The van der Waals surface area contributed by atoms with Crippen molar-refractivity contribution in [1.82, 2.24) is 4.98 Å². The van der Waals surface area contributed by atoms with Crippen molar-refractivity contribution in [3.8, 4) is 0 Å². The van der Waals surface area contributed by atoms with Crippen LogP contribution in [0.25, 0.3) is 0 Å². The van der Waals surface area contributed by atoms with E-state index in [0.29, 0.717) is 0 Å². The Hall–Kier alpha value is -1.39. The fraction of sp³-hybridized carbons (Fsp3) is 0.500. The Morgan fingerprint density at radius 3 is 2.35 bits per heavy atom. The Bertz CT molecular complexity index is 412. The molecule has 5 heteroatoms. The molecule has 0 saturated heterocycles. The molecule has 1 heterocycles. The van der Waals surface area contributed by atoms with Crippen LogP contribution < -0.4 is 0 Å². The number of hydrogen-bond donors (Lipinski definition) is 0. The SMILES string of the molecule is CC(=O)C(c1ncccc1C(F)(F)F)C(C)C. The van der Waals surface area contributed by atoms with Crippen molar-refractivity contribution in [2.45, 2.75) is 32.9 Å². The lowest BCUT2D eigenvalue weighted by atomic mass is 9.86. The summed E-state index contributed by atoms with van der Waals surface area (Å²) in [6, 6.07) is 2.19. The first kappa shape index (κ1) is 13.7. The first-order chi connectivity index (χ1) is 7.75. The molecule has 1 unspecified atom stereocenters. The minimum absolute atomic E-state index is 0.178. The number of nitrogens with zero attached hydrogens (tertiary/aromatic N) is 1. The van der Waals surface area contributed by atoms with Gasteiger partial charge < -0.3 is 0 Å². The summed E-state index contributed by atoms with van der Waals surface area (Å²) in [5.74, 6) is -1.33. The van der Waals surface area contributed by atoms with Crippen molar-refractivity contribution >= 4 is 5.78 Å². The average Bonchev–Trinajstić information content (AvgIpc) is 2.15. The highest BCUT2D eigenvalue weighted by Gasteiger charge is 2.37. The Balaban J connectivity index is 3.34. The molecule has 0 aliphatic heterocycles. The standard InChI is InChI=1S/C12H14F3NO/c1-7(2)10(8(3)17)11-9(12(13,14)15)5-4-6-16-11/h4-7,10H,1-3H3. The average molecular weight is 245 g/mol. The molecule has 17 heavy (non-hydrogen) atoms. The number of carbonyl (C=O) groups excluding carboxylic acids is 1. The van der Waals surface area contributed by atoms with E-state index in [1.54, 1.807) is 13.8 Å². The zero-order valence-corrected chi connectivity index (χ0v) is 9.88. The van der Waals surface area contributed by atoms with Gasteiger partial charge in [-0.1, -0.05) is 13.8 Å². The van der Waals surface area contributed by atoms with Crippen molar-refractivity contribution < 1.29 is 18.0 Å². The van der Waals surface area contributed by atoms with E-state index in [-0.39, 0.29) is 17.4 Å². The largest absolute Gasteiger partial charge is 0.418 e. The molecule has 1 aromatic rings. The number of pyridine rings is 1. The molecule has 0 aliphatic carbocycles. The third-order valence-corrected chi connectivity index (χ3v) is 2.54. The predicted molar refractivity (Wildman–Crippen MR) is 57.5 cm³/mol. The van der Waals surface area contributed by atoms with Gasteiger partial charge in [0.2, 0.25) is 0 Å². The lowest BCUT2D eigenvalue weighted by molar-refractivity contribution is -0.139. The van der Waals surface area contributed by atoms with Crippen LogP contribution in [0.3, 0.4) is 0 Å². The summed E-state index contributed by atoms with van der Waals surface area (Å²) in [4.78, 5) is 15.2. The van der Waals surface area contributed by atoms with E-state index in [4.69, 9.17) is 0 Å². The summed E-state index contributed by atoms with van der Waals surface area (Å²) >= 11 is 0. The smallest absolute Gasteiger partial charge is 0.299 e. The van der Waals surface area contributed by atoms with E-state index in [0.717, 1.165) is 6.07 Å². The van der Waals surface area contributed by atoms with E-state index in [9.17, 15) is 18.0 Å². The molecular weight excluding hydrogens is 231 g/mol. The summed E-state index contributed by atoms with van der Waals surface area (Å²) in [7, 11) is 0. The van der Waals surface area contributed by atoms with Crippen molar-refractivity contribution in [3.63, 3.8) is 0 Å². The minimum Gasteiger partial charge on any atom is -0.299 e. The summed E-state index contributed by atoms with van der Waals surface area (Å²) in [6.45, 7) is 4.71.